The third kappa shape index (κ3) is 3.66. The van der Waals surface area contributed by atoms with Gasteiger partial charge in [-0.25, -0.2) is 9.78 Å². The largest absolute Gasteiger partial charge is 0.461 e. The second-order valence-corrected chi connectivity index (χ2v) is 3.82. The van der Waals surface area contributed by atoms with Crippen LogP contribution in [0.15, 0.2) is 48.9 Å². The number of hydrogen-bond donors (Lipinski definition) is 0. The zero-order valence-corrected chi connectivity index (χ0v) is 9.95. The number of pyridine rings is 2. The predicted octanol–water partition coefficient (Wildman–Crippen LogP) is 2.27. The van der Waals surface area contributed by atoms with Gasteiger partial charge in [-0.05, 0) is 36.6 Å². The van der Waals surface area contributed by atoms with Crippen molar-refractivity contribution in [2.45, 2.75) is 12.8 Å². The molecule has 2 aromatic rings. The molecule has 0 saturated carbocycles. The number of rotatable bonds is 5. The molecule has 0 spiro atoms. The first-order valence-electron chi connectivity index (χ1n) is 5.83. The Kier molecular flexibility index (Phi) is 4.41. The molecule has 0 aromatic carbocycles. The number of nitrogens with zero attached hydrogens (tertiary/aromatic N) is 2. The first kappa shape index (κ1) is 12.2. The average Bonchev–Trinajstić information content (AvgIpc) is 2.45. The summed E-state index contributed by atoms with van der Waals surface area (Å²) in [5, 5.41) is 0. The monoisotopic (exact) mass is 242 g/mol. The van der Waals surface area contributed by atoms with E-state index in [4.69, 9.17) is 4.74 Å². The molecule has 2 heterocycles. The predicted molar refractivity (Wildman–Crippen MR) is 67.1 cm³/mol. The molecule has 0 saturated heterocycles. The third-order valence-corrected chi connectivity index (χ3v) is 2.44. The van der Waals surface area contributed by atoms with E-state index >= 15 is 0 Å². The van der Waals surface area contributed by atoms with Crippen molar-refractivity contribution < 1.29 is 9.53 Å². The summed E-state index contributed by atoms with van der Waals surface area (Å²) in [7, 11) is 0. The Morgan fingerprint density at radius 2 is 2.11 bits per heavy atom. The summed E-state index contributed by atoms with van der Waals surface area (Å²) in [5.74, 6) is -0.373. The van der Waals surface area contributed by atoms with Gasteiger partial charge in [0, 0.05) is 18.6 Å². The van der Waals surface area contributed by atoms with Gasteiger partial charge in [-0.1, -0.05) is 12.1 Å². The van der Waals surface area contributed by atoms with E-state index in [1.165, 1.54) is 0 Å². The summed E-state index contributed by atoms with van der Waals surface area (Å²) in [6, 6.07) is 9.07. The maximum Gasteiger partial charge on any atom is 0.356 e. The molecule has 4 heteroatoms. The van der Waals surface area contributed by atoms with Crippen molar-refractivity contribution in [3.63, 3.8) is 0 Å². The zero-order chi connectivity index (χ0) is 12.6. The number of ether oxygens (including phenoxy) is 1. The van der Waals surface area contributed by atoms with Crippen molar-refractivity contribution in [3.05, 3.63) is 60.2 Å². The molecule has 0 aliphatic rings. The molecule has 0 radical (unpaired) electrons. The summed E-state index contributed by atoms with van der Waals surface area (Å²) in [5.41, 5.74) is 1.49. The second kappa shape index (κ2) is 6.49. The maximum atomic E-state index is 11.6. The van der Waals surface area contributed by atoms with E-state index in [1.807, 2.05) is 18.3 Å². The molecule has 0 unspecified atom stereocenters. The average molecular weight is 242 g/mol. The van der Waals surface area contributed by atoms with E-state index < -0.39 is 0 Å². The van der Waals surface area contributed by atoms with Crippen LogP contribution in [0, 0.1) is 0 Å². The zero-order valence-electron chi connectivity index (χ0n) is 9.95. The Bertz CT molecular complexity index is 486. The van der Waals surface area contributed by atoms with Crippen LogP contribution in [-0.2, 0) is 11.2 Å². The fourth-order valence-corrected chi connectivity index (χ4v) is 1.54. The van der Waals surface area contributed by atoms with Crippen LogP contribution in [-0.4, -0.2) is 22.5 Å². The minimum absolute atomic E-state index is 0.346. The lowest BCUT2D eigenvalue weighted by molar-refractivity contribution is 0.0493. The first-order chi connectivity index (χ1) is 8.86. The van der Waals surface area contributed by atoms with Crippen LogP contribution in [0.2, 0.25) is 0 Å². The Morgan fingerprint density at radius 1 is 1.17 bits per heavy atom. The summed E-state index contributed by atoms with van der Waals surface area (Å²) in [6.07, 6.45) is 6.77. The van der Waals surface area contributed by atoms with Gasteiger partial charge in [0.2, 0.25) is 0 Å². The maximum absolute atomic E-state index is 11.6. The van der Waals surface area contributed by atoms with Crippen LogP contribution < -0.4 is 0 Å². The van der Waals surface area contributed by atoms with Gasteiger partial charge in [0.1, 0.15) is 5.69 Å². The molecule has 18 heavy (non-hydrogen) atoms. The van der Waals surface area contributed by atoms with Gasteiger partial charge < -0.3 is 4.74 Å². The number of hydrogen-bond acceptors (Lipinski definition) is 4. The van der Waals surface area contributed by atoms with E-state index in [2.05, 4.69) is 9.97 Å². The Balaban J connectivity index is 1.72. The van der Waals surface area contributed by atoms with E-state index in [1.54, 1.807) is 30.6 Å². The minimum atomic E-state index is -0.373. The van der Waals surface area contributed by atoms with E-state index in [0.717, 1.165) is 18.4 Å². The summed E-state index contributed by atoms with van der Waals surface area (Å²) >= 11 is 0. The lowest BCUT2D eigenvalue weighted by Gasteiger charge is -2.04. The molecule has 0 aliphatic heterocycles. The molecular weight excluding hydrogens is 228 g/mol. The highest BCUT2D eigenvalue weighted by molar-refractivity contribution is 5.87. The molecule has 2 aromatic heterocycles. The molecule has 92 valence electrons. The highest BCUT2D eigenvalue weighted by atomic mass is 16.5. The SMILES string of the molecule is O=C(OCCCc1cccnc1)c1ccccn1. The molecule has 0 bridgehead atoms. The van der Waals surface area contributed by atoms with Crippen molar-refractivity contribution in [2.75, 3.05) is 6.61 Å². The van der Waals surface area contributed by atoms with E-state index in [-0.39, 0.29) is 5.97 Å². The van der Waals surface area contributed by atoms with Crippen LogP contribution >= 0.6 is 0 Å². The van der Waals surface area contributed by atoms with Gasteiger partial charge in [0.25, 0.3) is 0 Å². The second-order valence-electron chi connectivity index (χ2n) is 3.82. The van der Waals surface area contributed by atoms with Crippen LogP contribution in [0.5, 0.6) is 0 Å². The van der Waals surface area contributed by atoms with Gasteiger partial charge in [-0.15, -0.1) is 0 Å². The molecule has 2 rings (SSSR count). The lowest BCUT2D eigenvalue weighted by atomic mass is 10.2. The molecule has 0 amide bonds. The van der Waals surface area contributed by atoms with Crippen molar-refractivity contribution in [2.24, 2.45) is 0 Å². The van der Waals surface area contributed by atoms with Crippen LogP contribution in [0.25, 0.3) is 0 Å². The van der Waals surface area contributed by atoms with Crippen molar-refractivity contribution in [1.29, 1.82) is 0 Å². The molecule has 0 fully saturated rings. The van der Waals surface area contributed by atoms with Crippen LogP contribution in [0.4, 0.5) is 0 Å². The summed E-state index contributed by atoms with van der Waals surface area (Å²) < 4.78 is 5.13. The van der Waals surface area contributed by atoms with E-state index in [9.17, 15) is 4.79 Å². The number of carbonyl (C=O) groups excluding carboxylic acids is 1. The Hall–Kier alpha value is -2.23. The van der Waals surface area contributed by atoms with Crippen molar-refractivity contribution in [3.8, 4) is 0 Å². The van der Waals surface area contributed by atoms with Gasteiger partial charge in [0.15, 0.2) is 0 Å². The number of aryl methyl sites for hydroxylation is 1. The van der Waals surface area contributed by atoms with Gasteiger partial charge in [-0.2, -0.15) is 0 Å². The fraction of sp³-hybridized carbons (Fsp3) is 0.214. The first-order valence-corrected chi connectivity index (χ1v) is 5.83. The van der Waals surface area contributed by atoms with Gasteiger partial charge in [0.05, 0.1) is 6.61 Å². The number of esters is 1. The quantitative estimate of drug-likeness (QED) is 0.596. The standard InChI is InChI=1S/C14H14N2O2/c17-14(13-7-1-2-9-16-13)18-10-4-6-12-5-3-8-15-11-12/h1-3,5,7-9,11H,4,6,10H2. The molecular formula is C14H14N2O2. The highest BCUT2D eigenvalue weighted by Gasteiger charge is 2.06. The van der Waals surface area contributed by atoms with Crippen LogP contribution in [0.3, 0.4) is 0 Å². The van der Waals surface area contributed by atoms with Crippen LogP contribution in [0.1, 0.15) is 22.5 Å². The molecule has 4 nitrogen and oxygen atoms in total. The molecule has 0 atom stereocenters. The lowest BCUT2D eigenvalue weighted by Crippen LogP contribution is -2.08. The normalized spacial score (nSPS) is 10.0. The smallest absolute Gasteiger partial charge is 0.356 e. The topological polar surface area (TPSA) is 52.1 Å². The van der Waals surface area contributed by atoms with Crippen molar-refractivity contribution >= 4 is 5.97 Å². The molecule has 0 N–H and O–H groups in total. The minimum Gasteiger partial charge on any atom is -0.461 e. The van der Waals surface area contributed by atoms with Crippen molar-refractivity contribution in [1.82, 2.24) is 9.97 Å². The molecule has 0 aliphatic carbocycles. The van der Waals surface area contributed by atoms with E-state index in [0.29, 0.717) is 12.3 Å². The number of aromatic nitrogens is 2. The summed E-state index contributed by atoms with van der Waals surface area (Å²) in [6.45, 7) is 0.393. The highest BCUT2D eigenvalue weighted by Crippen LogP contribution is 2.02. The van der Waals surface area contributed by atoms with Gasteiger partial charge in [-0.3, -0.25) is 4.98 Å². The Labute approximate surface area is 106 Å². The fourth-order valence-electron chi connectivity index (χ4n) is 1.54. The number of carbonyl (C=O) groups is 1. The Morgan fingerprint density at radius 3 is 2.83 bits per heavy atom. The third-order valence-electron chi connectivity index (χ3n) is 2.44. The summed E-state index contributed by atoms with van der Waals surface area (Å²) in [4.78, 5) is 19.5. The van der Waals surface area contributed by atoms with Gasteiger partial charge >= 0.3 is 5.97 Å².